The zero-order valence-corrected chi connectivity index (χ0v) is 11.4. The quantitative estimate of drug-likeness (QED) is 0.824. The summed E-state index contributed by atoms with van der Waals surface area (Å²) in [5.41, 5.74) is 1.07. The van der Waals surface area contributed by atoms with Crippen molar-refractivity contribution < 1.29 is 14.3 Å². The molecule has 0 aromatic heterocycles. The average Bonchev–Trinajstić information content (AvgIpc) is 2.27. The van der Waals surface area contributed by atoms with Crippen molar-refractivity contribution in [3.8, 4) is 5.75 Å². The molecule has 1 fully saturated rings. The molecule has 0 bridgehead atoms. The molecule has 4 heteroatoms. The van der Waals surface area contributed by atoms with Crippen molar-refractivity contribution in [2.24, 2.45) is 0 Å². The number of methoxy groups -OCH3 is 1. The molecule has 1 aromatic carbocycles. The third-order valence-electron chi connectivity index (χ3n) is 3.48. The van der Waals surface area contributed by atoms with Gasteiger partial charge >= 0.3 is 0 Å². The van der Waals surface area contributed by atoms with Crippen molar-refractivity contribution >= 4 is 17.4 Å². The molecule has 1 aliphatic heterocycles. The van der Waals surface area contributed by atoms with Gasteiger partial charge in [-0.3, -0.25) is 0 Å². The summed E-state index contributed by atoms with van der Waals surface area (Å²) in [6.45, 7) is 2.93. The Morgan fingerprint density at radius 1 is 1.50 bits per heavy atom. The van der Waals surface area contributed by atoms with E-state index in [0.717, 1.165) is 12.0 Å². The molecule has 1 aromatic rings. The van der Waals surface area contributed by atoms with E-state index in [2.05, 4.69) is 0 Å². The molecule has 2 rings (SSSR count). The number of hydrogen-bond donors (Lipinski definition) is 0. The van der Waals surface area contributed by atoms with Crippen LogP contribution in [-0.2, 0) is 14.9 Å². The van der Waals surface area contributed by atoms with Crippen LogP contribution in [0.4, 0.5) is 0 Å². The van der Waals surface area contributed by atoms with E-state index < -0.39 is 0 Å². The van der Waals surface area contributed by atoms with Crippen molar-refractivity contribution in [2.45, 2.75) is 25.2 Å². The number of hydrogen-bond acceptors (Lipinski definition) is 3. The fourth-order valence-electron chi connectivity index (χ4n) is 2.22. The molecule has 1 aliphatic rings. The van der Waals surface area contributed by atoms with Gasteiger partial charge in [-0.05, 0) is 31.0 Å². The normalized spacial score (nSPS) is 17.1. The number of carbonyl (C=O) groups is 1. The van der Waals surface area contributed by atoms with Crippen LogP contribution in [0.3, 0.4) is 0 Å². The number of carbonyl (C=O) groups excluding carboxylic acids is 1. The Hall–Kier alpha value is -1.06. The lowest BCUT2D eigenvalue weighted by Gasteiger charge is -2.42. The number of ether oxygens (including phenoxy) is 2. The van der Waals surface area contributed by atoms with Crippen LogP contribution in [0.2, 0.25) is 5.02 Å². The highest BCUT2D eigenvalue weighted by atomic mass is 35.5. The molecule has 0 unspecified atom stereocenters. The van der Waals surface area contributed by atoms with Gasteiger partial charge in [0.15, 0.2) is 0 Å². The van der Waals surface area contributed by atoms with Crippen molar-refractivity contribution in [3.63, 3.8) is 0 Å². The first-order chi connectivity index (χ1) is 8.57. The standard InChI is InChI=1S/C14H17ClO3/c1-10(16)5-6-14(8-18-9-14)11-3-4-13(17-2)12(15)7-11/h3-4,7H,5-6,8-9H2,1-2H3. The van der Waals surface area contributed by atoms with E-state index in [-0.39, 0.29) is 11.2 Å². The third kappa shape index (κ3) is 2.52. The van der Waals surface area contributed by atoms with Gasteiger partial charge in [0.2, 0.25) is 0 Å². The monoisotopic (exact) mass is 268 g/mol. The predicted octanol–water partition coefficient (Wildman–Crippen LogP) is 2.99. The van der Waals surface area contributed by atoms with Gasteiger partial charge in [0.1, 0.15) is 11.5 Å². The summed E-state index contributed by atoms with van der Waals surface area (Å²) in [5.74, 6) is 0.878. The van der Waals surface area contributed by atoms with E-state index in [9.17, 15) is 4.79 Å². The van der Waals surface area contributed by atoms with Crippen LogP contribution < -0.4 is 4.74 Å². The molecule has 0 atom stereocenters. The Bertz CT molecular complexity index is 452. The second-order valence-corrected chi connectivity index (χ2v) is 5.23. The summed E-state index contributed by atoms with van der Waals surface area (Å²) >= 11 is 6.15. The Labute approximate surface area is 112 Å². The Morgan fingerprint density at radius 3 is 2.67 bits per heavy atom. The van der Waals surface area contributed by atoms with E-state index in [4.69, 9.17) is 21.1 Å². The average molecular weight is 269 g/mol. The Morgan fingerprint density at radius 2 is 2.22 bits per heavy atom. The number of halogens is 1. The predicted molar refractivity (Wildman–Crippen MR) is 70.4 cm³/mol. The van der Waals surface area contributed by atoms with E-state index in [1.807, 2.05) is 18.2 Å². The highest BCUT2D eigenvalue weighted by Gasteiger charge is 2.40. The molecule has 0 N–H and O–H groups in total. The lowest BCUT2D eigenvalue weighted by molar-refractivity contribution is -0.119. The second kappa shape index (κ2) is 5.29. The fraction of sp³-hybridized carbons (Fsp3) is 0.500. The summed E-state index contributed by atoms with van der Waals surface area (Å²) in [7, 11) is 1.60. The van der Waals surface area contributed by atoms with E-state index in [1.54, 1.807) is 14.0 Å². The first-order valence-corrected chi connectivity index (χ1v) is 6.36. The second-order valence-electron chi connectivity index (χ2n) is 4.82. The van der Waals surface area contributed by atoms with Gasteiger partial charge in [0.05, 0.1) is 25.3 Å². The summed E-state index contributed by atoms with van der Waals surface area (Å²) < 4.78 is 10.5. The molecule has 1 saturated heterocycles. The van der Waals surface area contributed by atoms with Crippen LogP contribution in [0.25, 0.3) is 0 Å². The van der Waals surface area contributed by atoms with Crippen molar-refractivity contribution in [1.29, 1.82) is 0 Å². The number of Topliss-reactive ketones (excluding diaryl/α,β-unsaturated/α-hetero) is 1. The summed E-state index contributed by atoms with van der Waals surface area (Å²) in [5, 5.41) is 0.601. The molecule has 0 amide bonds. The van der Waals surface area contributed by atoms with Crippen LogP contribution in [0, 0.1) is 0 Å². The van der Waals surface area contributed by atoms with Crippen LogP contribution in [0.1, 0.15) is 25.3 Å². The highest BCUT2D eigenvalue weighted by Crippen LogP contribution is 2.39. The molecule has 0 saturated carbocycles. The first kappa shape index (κ1) is 13.4. The zero-order valence-electron chi connectivity index (χ0n) is 10.7. The molecule has 0 spiro atoms. The van der Waals surface area contributed by atoms with Gasteiger partial charge in [-0.25, -0.2) is 0 Å². The topological polar surface area (TPSA) is 35.5 Å². The maximum absolute atomic E-state index is 11.1. The third-order valence-corrected chi connectivity index (χ3v) is 3.77. The minimum atomic E-state index is -0.0540. The number of benzene rings is 1. The largest absolute Gasteiger partial charge is 0.495 e. The van der Waals surface area contributed by atoms with Crippen LogP contribution in [-0.4, -0.2) is 26.1 Å². The van der Waals surface area contributed by atoms with Crippen molar-refractivity contribution in [1.82, 2.24) is 0 Å². The van der Waals surface area contributed by atoms with Gasteiger partial charge in [0, 0.05) is 11.8 Å². The molecule has 0 radical (unpaired) electrons. The van der Waals surface area contributed by atoms with Crippen LogP contribution in [0.15, 0.2) is 18.2 Å². The lowest BCUT2D eigenvalue weighted by Crippen LogP contribution is -2.47. The molecule has 0 aliphatic carbocycles. The molecular weight excluding hydrogens is 252 g/mol. The van der Waals surface area contributed by atoms with Gasteiger partial charge < -0.3 is 14.3 Å². The smallest absolute Gasteiger partial charge is 0.137 e. The number of ketones is 1. The maximum Gasteiger partial charge on any atom is 0.137 e. The van der Waals surface area contributed by atoms with Crippen molar-refractivity contribution in [2.75, 3.05) is 20.3 Å². The molecule has 1 heterocycles. The fourth-order valence-corrected chi connectivity index (χ4v) is 2.47. The minimum Gasteiger partial charge on any atom is -0.495 e. The SMILES string of the molecule is COc1ccc(C2(CCC(C)=O)COC2)cc1Cl. The van der Waals surface area contributed by atoms with Crippen LogP contribution in [0.5, 0.6) is 5.75 Å². The minimum absolute atomic E-state index is 0.0540. The van der Waals surface area contributed by atoms with Crippen LogP contribution >= 0.6 is 11.6 Å². The summed E-state index contributed by atoms with van der Waals surface area (Å²) in [6, 6.07) is 5.79. The zero-order chi connectivity index (χ0) is 13.2. The first-order valence-electron chi connectivity index (χ1n) is 5.99. The molecular formula is C14H17ClO3. The highest BCUT2D eigenvalue weighted by molar-refractivity contribution is 6.32. The van der Waals surface area contributed by atoms with E-state index in [1.165, 1.54) is 0 Å². The summed E-state index contributed by atoms with van der Waals surface area (Å²) in [6.07, 6.45) is 1.39. The van der Waals surface area contributed by atoms with Gasteiger partial charge in [0.25, 0.3) is 0 Å². The molecule has 18 heavy (non-hydrogen) atoms. The van der Waals surface area contributed by atoms with Gasteiger partial charge in [-0.1, -0.05) is 17.7 Å². The molecule has 3 nitrogen and oxygen atoms in total. The maximum atomic E-state index is 11.1. The number of rotatable bonds is 5. The van der Waals surface area contributed by atoms with Crippen molar-refractivity contribution in [3.05, 3.63) is 28.8 Å². The van der Waals surface area contributed by atoms with Gasteiger partial charge in [-0.15, -0.1) is 0 Å². The Balaban J connectivity index is 2.22. The van der Waals surface area contributed by atoms with Gasteiger partial charge in [-0.2, -0.15) is 0 Å². The summed E-state index contributed by atoms with van der Waals surface area (Å²) in [4.78, 5) is 11.1. The van der Waals surface area contributed by atoms with E-state index in [0.29, 0.717) is 30.4 Å². The Kier molecular flexibility index (Phi) is 3.93. The van der Waals surface area contributed by atoms with E-state index >= 15 is 0 Å². The molecule has 98 valence electrons. The lowest BCUT2D eigenvalue weighted by atomic mass is 9.74.